The second-order valence-corrected chi connectivity index (χ2v) is 6.58. The number of nitrogen functional groups attached to an aromatic ring is 1. The Kier molecular flexibility index (Phi) is 4.74. The number of nitrogens with zero attached hydrogens (tertiary/aromatic N) is 1. The number of nitrogens with one attached hydrogen (secondary N) is 1. The number of amides is 1. The first-order chi connectivity index (χ1) is 11.6. The molecular weight excluding hydrogens is 298 g/mol. The number of hydrogen-bond acceptors (Lipinski definition) is 3. The highest BCUT2D eigenvalue weighted by molar-refractivity contribution is 6.05. The van der Waals surface area contributed by atoms with E-state index in [4.69, 9.17) is 5.73 Å². The lowest BCUT2D eigenvalue weighted by molar-refractivity contribution is 0.102. The Balaban J connectivity index is 1.77. The summed E-state index contributed by atoms with van der Waals surface area (Å²) in [5.74, 6) is -0.105. The molecule has 1 aliphatic heterocycles. The third-order valence-electron chi connectivity index (χ3n) is 4.79. The minimum Gasteiger partial charge on any atom is -0.397 e. The molecule has 0 aromatic heterocycles. The van der Waals surface area contributed by atoms with E-state index in [2.05, 4.69) is 17.1 Å². The molecule has 126 valence electrons. The van der Waals surface area contributed by atoms with E-state index < -0.39 is 0 Å². The number of hydrogen-bond donors (Lipinski definition) is 2. The van der Waals surface area contributed by atoms with Crippen LogP contribution in [-0.2, 0) is 0 Å². The summed E-state index contributed by atoms with van der Waals surface area (Å²) in [6.45, 7) is 5.22. The fraction of sp³-hybridized carbons (Fsp3) is 0.350. The fourth-order valence-corrected chi connectivity index (χ4v) is 3.38. The highest BCUT2D eigenvalue weighted by atomic mass is 16.1. The number of anilines is 3. The number of benzene rings is 2. The number of rotatable bonds is 3. The van der Waals surface area contributed by atoms with Gasteiger partial charge in [0.2, 0.25) is 0 Å². The zero-order valence-corrected chi connectivity index (χ0v) is 14.4. The number of aryl methyl sites for hydroxylation is 1. The maximum Gasteiger partial charge on any atom is 0.255 e. The smallest absolute Gasteiger partial charge is 0.255 e. The standard InChI is InChI=1S/C20H25N3O/c1-14-7-3-4-9-17(14)20(24)22-16-10-11-19(18(21)13-16)23-12-6-5-8-15(23)2/h3-4,7,9-11,13,15H,5-6,8,12,21H2,1-2H3,(H,22,24)/t15-/m0/s1. The normalized spacial score (nSPS) is 17.6. The van der Waals surface area contributed by atoms with Gasteiger partial charge in [-0.2, -0.15) is 0 Å². The monoisotopic (exact) mass is 323 g/mol. The number of piperidine rings is 1. The third kappa shape index (κ3) is 3.37. The lowest BCUT2D eigenvalue weighted by atomic mass is 10.0. The summed E-state index contributed by atoms with van der Waals surface area (Å²) in [6, 6.07) is 13.9. The Morgan fingerprint density at radius 3 is 2.71 bits per heavy atom. The van der Waals surface area contributed by atoms with Crippen LogP contribution in [0.4, 0.5) is 17.1 Å². The zero-order chi connectivity index (χ0) is 17.1. The lowest BCUT2D eigenvalue weighted by Gasteiger charge is -2.36. The van der Waals surface area contributed by atoms with E-state index in [1.54, 1.807) is 0 Å². The number of carbonyl (C=O) groups is 1. The van der Waals surface area contributed by atoms with Crippen molar-refractivity contribution in [2.24, 2.45) is 0 Å². The molecule has 0 unspecified atom stereocenters. The summed E-state index contributed by atoms with van der Waals surface area (Å²) in [5.41, 5.74) is 10.4. The van der Waals surface area contributed by atoms with Crippen molar-refractivity contribution in [1.29, 1.82) is 0 Å². The van der Waals surface area contributed by atoms with Gasteiger partial charge in [0.05, 0.1) is 11.4 Å². The van der Waals surface area contributed by atoms with E-state index in [-0.39, 0.29) is 5.91 Å². The predicted molar refractivity (Wildman–Crippen MR) is 101 cm³/mol. The molecular formula is C20H25N3O. The van der Waals surface area contributed by atoms with Crippen LogP contribution in [0.2, 0.25) is 0 Å². The lowest BCUT2D eigenvalue weighted by Crippen LogP contribution is -2.37. The van der Waals surface area contributed by atoms with E-state index in [0.717, 1.165) is 23.5 Å². The Morgan fingerprint density at radius 1 is 1.21 bits per heavy atom. The molecule has 2 aromatic carbocycles. The molecule has 24 heavy (non-hydrogen) atoms. The maximum atomic E-state index is 12.4. The van der Waals surface area contributed by atoms with Gasteiger partial charge in [0.15, 0.2) is 0 Å². The average molecular weight is 323 g/mol. The van der Waals surface area contributed by atoms with Gasteiger partial charge in [-0.25, -0.2) is 0 Å². The second-order valence-electron chi connectivity index (χ2n) is 6.58. The summed E-state index contributed by atoms with van der Waals surface area (Å²) in [5, 5.41) is 2.94. The highest BCUT2D eigenvalue weighted by Gasteiger charge is 2.20. The van der Waals surface area contributed by atoms with Crippen LogP contribution >= 0.6 is 0 Å². The first-order valence-corrected chi connectivity index (χ1v) is 8.59. The van der Waals surface area contributed by atoms with Crippen LogP contribution < -0.4 is 16.0 Å². The molecule has 0 spiro atoms. The van der Waals surface area contributed by atoms with E-state index in [1.165, 1.54) is 19.3 Å². The van der Waals surface area contributed by atoms with Crippen molar-refractivity contribution in [3.05, 3.63) is 53.6 Å². The van der Waals surface area contributed by atoms with Crippen LogP contribution in [0.25, 0.3) is 0 Å². The molecule has 3 N–H and O–H groups in total. The second kappa shape index (κ2) is 6.95. The summed E-state index contributed by atoms with van der Waals surface area (Å²) >= 11 is 0. The van der Waals surface area contributed by atoms with Crippen molar-refractivity contribution in [1.82, 2.24) is 0 Å². The molecule has 1 atom stereocenters. The van der Waals surface area contributed by atoms with Crippen molar-refractivity contribution >= 4 is 23.0 Å². The van der Waals surface area contributed by atoms with Crippen molar-refractivity contribution < 1.29 is 4.79 Å². The molecule has 0 aliphatic carbocycles. The number of carbonyl (C=O) groups excluding carboxylic acids is 1. The molecule has 1 saturated heterocycles. The van der Waals surface area contributed by atoms with Crippen molar-refractivity contribution in [2.75, 3.05) is 22.5 Å². The maximum absolute atomic E-state index is 12.4. The fourth-order valence-electron chi connectivity index (χ4n) is 3.38. The third-order valence-corrected chi connectivity index (χ3v) is 4.79. The Morgan fingerprint density at radius 2 is 2.00 bits per heavy atom. The highest BCUT2D eigenvalue weighted by Crippen LogP contribution is 2.31. The zero-order valence-electron chi connectivity index (χ0n) is 14.4. The molecule has 1 aliphatic rings. The average Bonchev–Trinajstić information content (AvgIpc) is 2.56. The van der Waals surface area contributed by atoms with Crippen LogP contribution in [0.3, 0.4) is 0 Å². The summed E-state index contributed by atoms with van der Waals surface area (Å²) in [7, 11) is 0. The summed E-state index contributed by atoms with van der Waals surface area (Å²) < 4.78 is 0. The van der Waals surface area contributed by atoms with Gasteiger partial charge in [-0.15, -0.1) is 0 Å². The van der Waals surface area contributed by atoms with Crippen LogP contribution in [0.15, 0.2) is 42.5 Å². The Bertz CT molecular complexity index is 741. The summed E-state index contributed by atoms with van der Waals surface area (Å²) in [6.07, 6.45) is 3.68. The van der Waals surface area contributed by atoms with Crippen LogP contribution in [-0.4, -0.2) is 18.5 Å². The van der Waals surface area contributed by atoms with E-state index >= 15 is 0 Å². The number of nitrogens with two attached hydrogens (primary N) is 1. The van der Waals surface area contributed by atoms with Gasteiger partial charge >= 0.3 is 0 Å². The van der Waals surface area contributed by atoms with Crippen LogP contribution in [0.5, 0.6) is 0 Å². The van der Waals surface area contributed by atoms with Gasteiger partial charge in [-0.1, -0.05) is 18.2 Å². The van der Waals surface area contributed by atoms with Crippen molar-refractivity contribution in [3.63, 3.8) is 0 Å². The van der Waals surface area contributed by atoms with E-state index in [9.17, 15) is 4.79 Å². The van der Waals surface area contributed by atoms with E-state index in [1.807, 2.05) is 49.4 Å². The molecule has 1 amide bonds. The van der Waals surface area contributed by atoms with Gasteiger partial charge in [-0.3, -0.25) is 4.79 Å². The molecule has 1 fully saturated rings. The quantitative estimate of drug-likeness (QED) is 0.832. The largest absolute Gasteiger partial charge is 0.397 e. The first kappa shape index (κ1) is 16.4. The molecule has 0 bridgehead atoms. The van der Waals surface area contributed by atoms with Crippen molar-refractivity contribution in [2.45, 2.75) is 39.2 Å². The molecule has 4 nitrogen and oxygen atoms in total. The molecule has 4 heteroatoms. The molecule has 3 rings (SSSR count). The van der Waals surface area contributed by atoms with Gasteiger partial charge in [-0.05, 0) is 62.9 Å². The van der Waals surface area contributed by atoms with Gasteiger partial charge in [0.25, 0.3) is 5.91 Å². The van der Waals surface area contributed by atoms with Crippen LogP contribution in [0.1, 0.15) is 42.1 Å². The topological polar surface area (TPSA) is 58.4 Å². The molecule has 1 heterocycles. The van der Waals surface area contributed by atoms with Gasteiger partial charge in [0.1, 0.15) is 0 Å². The summed E-state index contributed by atoms with van der Waals surface area (Å²) in [4.78, 5) is 14.8. The minimum absolute atomic E-state index is 0.105. The van der Waals surface area contributed by atoms with Crippen LogP contribution in [0, 0.1) is 6.92 Å². The minimum atomic E-state index is -0.105. The molecule has 0 saturated carbocycles. The SMILES string of the molecule is Cc1ccccc1C(=O)Nc1ccc(N2CCCC[C@@H]2C)c(N)c1. The Hall–Kier alpha value is -2.49. The Labute approximate surface area is 143 Å². The molecule has 0 radical (unpaired) electrons. The molecule has 2 aromatic rings. The van der Waals surface area contributed by atoms with Gasteiger partial charge < -0.3 is 16.0 Å². The first-order valence-electron chi connectivity index (χ1n) is 8.59. The predicted octanol–water partition coefficient (Wildman–Crippen LogP) is 4.21. The van der Waals surface area contributed by atoms with Gasteiger partial charge in [0, 0.05) is 23.8 Å². The van der Waals surface area contributed by atoms with Crippen molar-refractivity contribution in [3.8, 4) is 0 Å². The van der Waals surface area contributed by atoms with E-state index in [0.29, 0.717) is 17.3 Å².